The molecule has 0 saturated carbocycles. The Morgan fingerprint density at radius 1 is 1.47 bits per heavy atom. The lowest BCUT2D eigenvalue weighted by atomic mass is 10.1. The minimum absolute atomic E-state index is 0.0464. The Morgan fingerprint density at radius 2 is 2.18 bits per heavy atom. The molecule has 0 aromatic carbocycles. The second-order valence-corrected chi connectivity index (χ2v) is 4.60. The van der Waals surface area contributed by atoms with Crippen molar-refractivity contribution in [2.45, 2.75) is 32.4 Å². The third-order valence-electron chi connectivity index (χ3n) is 3.17. The van der Waals surface area contributed by atoms with Crippen molar-refractivity contribution in [1.29, 1.82) is 0 Å². The van der Waals surface area contributed by atoms with E-state index in [1.807, 2.05) is 12.1 Å². The third-order valence-corrected chi connectivity index (χ3v) is 3.17. The third kappa shape index (κ3) is 3.35. The summed E-state index contributed by atoms with van der Waals surface area (Å²) in [5, 5.41) is 9.41. The maximum absolute atomic E-state index is 11.1. The first-order valence-corrected chi connectivity index (χ1v) is 6.01. The molecule has 1 aromatic rings. The highest BCUT2D eigenvalue weighted by molar-refractivity contribution is 5.93. The molecule has 0 bridgehead atoms. The molecule has 92 valence electrons. The summed E-state index contributed by atoms with van der Waals surface area (Å²) >= 11 is 0. The van der Waals surface area contributed by atoms with Crippen LogP contribution in [0.25, 0.3) is 0 Å². The van der Waals surface area contributed by atoms with E-state index >= 15 is 0 Å². The molecule has 0 aliphatic carbocycles. The summed E-state index contributed by atoms with van der Waals surface area (Å²) in [5.41, 5.74) is 1.63. The number of likely N-dealkylation sites (tertiary alicyclic amines) is 1. The van der Waals surface area contributed by atoms with E-state index < -0.39 is 0 Å². The number of carbonyl (C=O) groups excluding carboxylic acids is 1. The van der Waals surface area contributed by atoms with E-state index in [0.717, 1.165) is 38.2 Å². The fraction of sp³-hybridized carbons (Fsp3) is 0.538. The summed E-state index contributed by atoms with van der Waals surface area (Å²) in [6.07, 6.45) is 3.17. The number of hydrogen-bond donors (Lipinski definition) is 1. The van der Waals surface area contributed by atoms with Gasteiger partial charge < -0.3 is 5.11 Å². The van der Waals surface area contributed by atoms with Crippen LogP contribution in [-0.4, -0.2) is 40.0 Å². The summed E-state index contributed by atoms with van der Waals surface area (Å²) in [6.45, 7) is 4.17. The lowest BCUT2D eigenvalue weighted by Crippen LogP contribution is -2.35. The summed E-state index contributed by atoms with van der Waals surface area (Å²) in [5.74, 6) is 0.0464. The van der Waals surface area contributed by atoms with Gasteiger partial charge in [-0.25, -0.2) is 0 Å². The molecule has 0 atom stereocenters. The predicted octanol–water partition coefficient (Wildman–Crippen LogP) is 1.24. The van der Waals surface area contributed by atoms with Gasteiger partial charge in [0.1, 0.15) is 0 Å². The van der Waals surface area contributed by atoms with Gasteiger partial charge in [0.25, 0.3) is 0 Å². The zero-order valence-corrected chi connectivity index (χ0v) is 10.1. The van der Waals surface area contributed by atoms with Gasteiger partial charge in [-0.1, -0.05) is 0 Å². The Morgan fingerprint density at radius 3 is 2.71 bits per heavy atom. The normalized spacial score (nSPS) is 18.2. The monoisotopic (exact) mass is 234 g/mol. The first kappa shape index (κ1) is 12.2. The number of pyridine rings is 1. The summed E-state index contributed by atoms with van der Waals surface area (Å²) in [6, 6.07) is 3.73. The fourth-order valence-electron chi connectivity index (χ4n) is 2.03. The molecule has 4 heteroatoms. The quantitative estimate of drug-likeness (QED) is 0.799. The molecule has 17 heavy (non-hydrogen) atoms. The number of aliphatic hydroxyl groups is 1. The van der Waals surface area contributed by atoms with Crippen LogP contribution in [-0.2, 0) is 6.54 Å². The number of hydrogen-bond acceptors (Lipinski definition) is 4. The molecular weight excluding hydrogens is 216 g/mol. The Labute approximate surface area is 101 Å². The van der Waals surface area contributed by atoms with Crippen LogP contribution in [0.4, 0.5) is 0 Å². The van der Waals surface area contributed by atoms with E-state index in [-0.39, 0.29) is 11.9 Å². The molecule has 1 aliphatic heterocycles. The number of aromatic nitrogens is 1. The average Bonchev–Trinajstić information content (AvgIpc) is 2.33. The van der Waals surface area contributed by atoms with Crippen LogP contribution >= 0.6 is 0 Å². The second kappa shape index (κ2) is 5.38. The largest absolute Gasteiger partial charge is 0.393 e. The molecule has 1 aliphatic rings. The van der Waals surface area contributed by atoms with Gasteiger partial charge in [0.15, 0.2) is 5.78 Å². The molecule has 1 N–H and O–H groups in total. The maximum atomic E-state index is 11.1. The van der Waals surface area contributed by atoms with Gasteiger partial charge in [0, 0.05) is 31.4 Å². The number of aliphatic hydroxyl groups excluding tert-OH is 1. The Kier molecular flexibility index (Phi) is 3.86. The first-order valence-electron chi connectivity index (χ1n) is 6.01. The van der Waals surface area contributed by atoms with E-state index in [4.69, 9.17) is 0 Å². The minimum Gasteiger partial charge on any atom is -0.393 e. The van der Waals surface area contributed by atoms with Crippen molar-refractivity contribution in [3.05, 3.63) is 29.6 Å². The number of carbonyl (C=O) groups is 1. The van der Waals surface area contributed by atoms with Crippen LogP contribution in [0.15, 0.2) is 18.3 Å². The SMILES string of the molecule is CC(=O)c1ccc(CN2CCC(O)CC2)nc1. The lowest BCUT2D eigenvalue weighted by Gasteiger charge is -2.29. The van der Waals surface area contributed by atoms with Crippen molar-refractivity contribution in [2.24, 2.45) is 0 Å². The highest BCUT2D eigenvalue weighted by Gasteiger charge is 2.17. The Balaban J connectivity index is 1.92. The van der Waals surface area contributed by atoms with Gasteiger partial charge in [0.2, 0.25) is 0 Å². The van der Waals surface area contributed by atoms with Gasteiger partial charge in [-0.2, -0.15) is 0 Å². The molecular formula is C13H18N2O2. The fourth-order valence-corrected chi connectivity index (χ4v) is 2.03. The van der Waals surface area contributed by atoms with E-state index in [2.05, 4.69) is 9.88 Å². The van der Waals surface area contributed by atoms with Crippen LogP contribution in [0.3, 0.4) is 0 Å². The van der Waals surface area contributed by atoms with Crippen molar-refractivity contribution >= 4 is 5.78 Å². The number of ketones is 1. The number of rotatable bonds is 3. The molecule has 0 amide bonds. The Bertz CT molecular complexity index is 381. The number of piperidine rings is 1. The molecule has 2 rings (SSSR count). The highest BCUT2D eigenvalue weighted by Crippen LogP contribution is 2.12. The molecule has 0 radical (unpaired) electrons. The van der Waals surface area contributed by atoms with Crippen molar-refractivity contribution < 1.29 is 9.90 Å². The van der Waals surface area contributed by atoms with Crippen LogP contribution < -0.4 is 0 Å². The standard InChI is InChI=1S/C13H18N2O2/c1-10(16)11-2-3-12(14-8-11)9-15-6-4-13(17)5-7-15/h2-3,8,13,17H,4-7,9H2,1H3. The van der Waals surface area contributed by atoms with Crippen molar-refractivity contribution in [3.8, 4) is 0 Å². The van der Waals surface area contributed by atoms with Gasteiger partial charge in [-0.15, -0.1) is 0 Å². The summed E-state index contributed by atoms with van der Waals surface area (Å²) in [7, 11) is 0. The van der Waals surface area contributed by atoms with Crippen molar-refractivity contribution in [2.75, 3.05) is 13.1 Å². The lowest BCUT2D eigenvalue weighted by molar-refractivity contribution is 0.0786. The zero-order valence-electron chi connectivity index (χ0n) is 10.1. The summed E-state index contributed by atoms with van der Waals surface area (Å²) in [4.78, 5) is 17.7. The second-order valence-electron chi connectivity index (χ2n) is 4.60. The van der Waals surface area contributed by atoms with Gasteiger partial charge >= 0.3 is 0 Å². The van der Waals surface area contributed by atoms with Crippen LogP contribution in [0, 0.1) is 0 Å². The minimum atomic E-state index is -0.140. The van der Waals surface area contributed by atoms with Crippen LogP contribution in [0.2, 0.25) is 0 Å². The molecule has 4 nitrogen and oxygen atoms in total. The predicted molar refractivity (Wildman–Crippen MR) is 64.8 cm³/mol. The number of Topliss-reactive ketones (excluding diaryl/α,β-unsaturated/α-hetero) is 1. The van der Waals surface area contributed by atoms with Gasteiger partial charge in [0.05, 0.1) is 11.8 Å². The summed E-state index contributed by atoms with van der Waals surface area (Å²) < 4.78 is 0. The average molecular weight is 234 g/mol. The topological polar surface area (TPSA) is 53.4 Å². The Hall–Kier alpha value is -1.26. The van der Waals surface area contributed by atoms with E-state index in [0.29, 0.717) is 5.56 Å². The molecule has 2 heterocycles. The molecule has 0 unspecified atom stereocenters. The molecule has 1 aromatic heterocycles. The molecule has 0 spiro atoms. The van der Waals surface area contributed by atoms with Gasteiger partial charge in [-0.3, -0.25) is 14.7 Å². The zero-order chi connectivity index (χ0) is 12.3. The number of nitrogens with zero attached hydrogens (tertiary/aromatic N) is 2. The van der Waals surface area contributed by atoms with Crippen LogP contribution in [0.1, 0.15) is 35.8 Å². The maximum Gasteiger partial charge on any atom is 0.161 e. The molecule has 1 saturated heterocycles. The smallest absolute Gasteiger partial charge is 0.161 e. The van der Waals surface area contributed by atoms with Crippen molar-refractivity contribution in [3.63, 3.8) is 0 Å². The first-order chi connectivity index (χ1) is 8.15. The molecule has 1 fully saturated rings. The van der Waals surface area contributed by atoms with E-state index in [1.54, 1.807) is 13.1 Å². The van der Waals surface area contributed by atoms with E-state index in [9.17, 15) is 9.90 Å². The van der Waals surface area contributed by atoms with E-state index in [1.165, 1.54) is 0 Å². The van der Waals surface area contributed by atoms with Crippen LogP contribution in [0.5, 0.6) is 0 Å². The van der Waals surface area contributed by atoms with Gasteiger partial charge in [-0.05, 0) is 31.9 Å². The highest BCUT2D eigenvalue weighted by atomic mass is 16.3. The van der Waals surface area contributed by atoms with Crippen molar-refractivity contribution in [1.82, 2.24) is 9.88 Å².